The Balaban J connectivity index is 2.26. The molecule has 1 rings (SSSR count). The second kappa shape index (κ2) is 7.73. The molecule has 0 N–H and O–H groups in total. The summed E-state index contributed by atoms with van der Waals surface area (Å²) in [6.45, 7) is 3.72. The second-order valence-electron chi connectivity index (χ2n) is 3.80. The van der Waals surface area contributed by atoms with Crippen molar-refractivity contribution in [3.63, 3.8) is 0 Å². The quantitative estimate of drug-likeness (QED) is 0.443. The van der Waals surface area contributed by atoms with Crippen LogP contribution in [0.25, 0.3) is 0 Å². The predicted molar refractivity (Wildman–Crippen MR) is 68.8 cm³/mol. The molecule has 6 nitrogen and oxygen atoms in total. The van der Waals surface area contributed by atoms with Gasteiger partial charge in [0.15, 0.2) is 13.2 Å². The molecule has 0 bridgehead atoms. The van der Waals surface area contributed by atoms with Crippen LogP contribution in [0.5, 0.6) is 5.75 Å². The normalized spacial score (nSPS) is 9.45. The van der Waals surface area contributed by atoms with Gasteiger partial charge in [0.25, 0.3) is 0 Å². The van der Waals surface area contributed by atoms with Crippen LogP contribution >= 0.6 is 0 Å². The number of esters is 3. The van der Waals surface area contributed by atoms with Crippen LogP contribution < -0.4 is 4.74 Å². The van der Waals surface area contributed by atoms with E-state index in [1.54, 1.807) is 30.3 Å². The molecular weight excluding hydrogens is 264 g/mol. The molecule has 0 aliphatic heterocycles. The van der Waals surface area contributed by atoms with E-state index in [1.165, 1.54) is 6.92 Å². The first-order valence-electron chi connectivity index (χ1n) is 5.73. The molecule has 0 aliphatic rings. The van der Waals surface area contributed by atoms with Gasteiger partial charge in [-0.25, -0.2) is 14.4 Å². The average Bonchev–Trinajstić information content (AvgIpc) is 2.43. The maximum Gasteiger partial charge on any atom is 0.352 e. The van der Waals surface area contributed by atoms with Crippen molar-refractivity contribution in [1.29, 1.82) is 0 Å². The Morgan fingerprint density at radius 3 is 2.25 bits per heavy atom. The molecule has 20 heavy (non-hydrogen) atoms. The van der Waals surface area contributed by atoms with Gasteiger partial charge in [-0.05, 0) is 19.1 Å². The van der Waals surface area contributed by atoms with E-state index in [9.17, 15) is 14.4 Å². The van der Waals surface area contributed by atoms with Crippen LogP contribution in [0.15, 0.2) is 42.5 Å². The Morgan fingerprint density at radius 1 is 1.05 bits per heavy atom. The van der Waals surface area contributed by atoms with Crippen molar-refractivity contribution >= 4 is 17.9 Å². The second-order valence-corrected chi connectivity index (χ2v) is 3.80. The summed E-state index contributed by atoms with van der Waals surface area (Å²) < 4.78 is 14.0. The van der Waals surface area contributed by atoms with Crippen molar-refractivity contribution in [2.75, 3.05) is 13.2 Å². The van der Waals surface area contributed by atoms with Crippen molar-refractivity contribution in [3.05, 3.63) is 42.5 Å². The summed E-state index contributed by atoms with van der Waals surface area (Å²) in [5.41, 5.74) is 0.150. The summed E-state index contributed by atoms with van der Waals surface area (Å²) in [7, 11) is 0. The van der Waals surface area contributed by atoms with Gasteiger partial charge in [0.2, 0.25) is 0 Å². The van der Waals surface area contributed by atoms with E-state index < -0.39 is 31.1 Å². The van der Waals surface area contributed by atoms with E-state index in [2.05, 4.69) is 16.1 Å². The zero-order valence-corrected chi connectivity index (χ0v) is 11.0. The molecule has 0 saturated heterocycles. The molecule has 0 spiro atoms. The van der Waals surface area contributed by atoms with Gasteiger partial charge in [0, 0.05) is 5.57 Å². The number of carbonyl (C=O) groups excluding carboxylic acids is 3. The summed E-state index contributed by atoms with van der Waals surface area (Å²) in [6.07, 6.45) is 0. The predicted octanol–water partition coefficient (Wildman–Crippen LogP) is 1.25. The lowest BCUT2D eigenvalue weighted by Crippen LogP contribution is -2.23. The molecular formula is C14H14O6. The molecule has 0 atom stereocenters. The minimum atomic E-state index is -0.971. The number of para-hydroxylation sites is 1. The fourth-order valence-electron chi connectivity index (χ4n) is 1.09. The van der Waals surface area contributed by atoms with Crippen LogP contribution in [-0.2, 0) is 23.9 Å². The van der Waals surface area contributed by atoms with E-state index >= 15 is 0 Å². The molecule has 0 heterocycles. The van der Waals surface area contributed by atoms with Crippen LogP contribution in [0.1, 0.15) is 6.92 Å². The van der Waals surface area contributed by atoms with Crippen LogP contribution in [0.2, 0.25) is 0 Å². The molecule has 6 heteroatoms. The van der Waals surface area contributed by atoms with Gasteiger partial charge in [0.1, 0.15) is 5.75 Å². The van der Waals surface area contributed by atoms with E-state index in [4.69, 9.17) is 4.74 Å². The summed E-state index contributed by atoms with van der Waals surface area (Å²) in [5, 5.41) is 0. The zero-order chi connectivity index (χ0) is 15.0. The molecule has 0 unspecified atom stereocenters. The summed E-state index contributed by atoms with van der Waals surface area (Å²) in [5.74, 6) is -2.09. The summed E-state index contributed by atoms with van der Waals surface area (Å²) >= 11 is 0. The Hall–Kier alpha value is -2.63. The van der Waals surface area contributed by atoms with Crippen molar-refractivity contribution in [1.82, 2.24) is 0 Å². The number of benzene rings is 1. The molecule has 0 fully saturated rings. The highest BCUT2D eigenvalue weighted by Gasteiger charge is 2.14. The third kappa shape index (κ3) is 5.81. The molecule has 1 aromatic carbocycles. The third-order valence-corrected chi connectivity index (χ3v) is 2.00. The minimum absolute atomic E-state index is 0.150. The minimum Gasteiger partial charge on any atom is -0.482 e. The Kier molecular flexibility index (Phi) is 5.96. The van der Waals surface area contributed by atoms with Crippen molar-refractivity contribution in [2.24, 2.45) is 0 Å². The Bertz CT molecular complexity index is 506. The third-order valence-electron chi connectivity index (χ3n) is 2.00. The summed E-state index contributed by atoms with van der Waals surface area (Å²) in [4.78, 5) is 33.5. The number of hydrogen-bond acceptors (Lipinski definition) is 6. The van der Waals surface area contributed by atoms with Gasteiger partial charge < -0.3 is 14.2 Å². The van der Waals surface area contributed by atoms with Gasteiger partial charge in [-0.3, -0.25) is 0 Å². The average molecular weight is 278 g/mol. The number of rotatable bonds is 6. The SMILES string of the molecule is C=C(C)C(=O)OCC(=O)OC(=O)COc1ccccc1. The monoisotopic (exact) mass is 278 g/mol. The molecule has 0 aliphatic carbocycles. The van der Waals surface area contributed by atoms with Crippen molar-refractivity contribution in [3.8, 4) is 5.75 Å². The topological polar surface area (TPSA) is 78.9 Å². The molecule has 106 valence electrons. The highest BCUT2D eigenvalue weighted by Crippen LogP contribution is 2.07. The van der Waals surface area contributed by atoms with Crippen molar-refractivity contribution in [2.45, 2.75) is 6.92 Å². The maximum absolute atomic E-state index is 11.3. The number of carbonyl (C=O) groups is 3. The molecule has 0 saturated carbocycles. The van der Waals surface area contributed by atoms with Crippen LogP contribution in [0.4, 0.5) is 0 Å². The standard InChI is InChI=1S/C14H14O6/c1-10(2)14(17)19-9-13(16)20-12(15)8-18-11-6-4-3-5-7-11/h3-7H,1,8-9H2,2H3. The first kappa shape index (κ1) is 15.4. The first-order valence-corrected chi connectivity index (χ1v) is 5.73. The van der Waals surface area contributed by atoms with Gasteiger partial charge in [0.05, 0.1) is 0 Å². The van der Waals surface area contributed by atoms with Gasteiger partial charge in [-0.1, -0.05) is 24.8 Å². The Labute approximate surface area is 115 Å². The molecule has 0 radical (unpaired) electrons. The van der Waals surface area contributed by atoms with Gasteiger partial charge >= 0.3 is 17.9 Å². The van der Waals surface area contributed by atoms with Crippen LogP contribution in [-0.4, -0.2) is 31.1 Å². The van der Waals surface area contributed by atoms with Crippen molar-refractivity contribution < 1.29 is 28.6 Å². The van der Waals surface area contributed by atoms with E-state index in [0.717, 1.165) is 0 Å². The zero-order valence-electron chi connectivity index (χ0n) is 11.0. The van der Waals surface area contributed by atoms with Crippen LogP contribution in [0, 0.1) is 0 Å². The molecule has 1 aromatic rings. The lowest BCUT2D eigenvalue weighted by atomic mass is 10.3. The Morgan fingerprint density at radius 2 is 1.65 bits per heavy atom. The van der Waals surface area contributed by atoms with E-state index in [1.807, 2.05) is 0 Å². The van der Waals surface area contributed by atoms with E-state index in [-0.39, 0.29) is 5.57 Å². The lowest BCUT2D eigenvalue weighted by Gasteiger charge is -2.06. The van der Waals surface area contributed by atoms with Crippen LogP contribution in [0.3, 0.4) is 0 Å². The fraction of sp³-hybridized carbons (Fsp3) is 0.214. The first-order chi connectivity index (χ1) is 9.49. The fourth-order valence-corrected chi connectivity index (χ4v) is 1.09. The molecule has 0 aromatic heterocycles. The largest absolute Gasteiger partial charge is 0.482 e. The number of hydrogen-bond donors (Lipinski definition) is 0. The van der Waals surface area contributed by atoms with Gasteiger partial charge in [-0.2, -0.15) is 0 Å². The summed E-state index contributed by atoms with van der Waals surface area (Å²) in [6, 6.07) is 8.59. The highest BCUT2D eigenvalue weighted by atomic mass is 16.6. The van der Waals surface area contributed by atoms with E-state index in [0.29, 0.717) is 5.75 Å². The molecule has 0 amide bonds. The maximum atomic E-state index is 11.3. The highest BCUT2D eigenvalue weighted by molar-refractivity contribution is 5.91. The van der Waals surface area contributed by atoms with Gasteiger partial charge in [-0.15, -0.1) is 0 Å². The smallest absolute Gasteiger partial charge is 0.352 e. The number of ether oxygens (including phenoxy) is 3. The lowest BCUT2D eigenvalue weighted by molar-refractivity contribution is -0.167.